The molecule has 2 bridgehead atoms. The van der Waals surface area contributed by atoms with Crippen LogP contribution in [0.25, 0.3) is 0 Å². The number of hydrogen-bond donors (Lipinski definition) is 3. The number of nitrogens with zero attached hydrogens (tertiary/aromatic N) is 1. The summed E-state index contributed by atoms with van der Waals surface area (Å²) < 4.78 is 6.41. The predicted octanol–water partition coefficient (Wildman–Crippen LogP) is 2.32. The number of alkyl halides is 1. The van der Waals surface area contributed by atoms with Gasteiger partial charge in [0.25, 0.3) is 0 Å². The topological polar surface area (TPSA) is 108 Å². The van der Waals surface area contributed by atoms with Crippen molar-refractivity contribution in [3.05, 3.63) is 29.3 Å². The summed E-state index contributed by atoms with van der Waals surface area (Å²) >= 11 is 9.89. The van der Waals surface area contributed by atoms with E-state index in [1.54, 1.807) is 24.3 Å². The van der Waals surface area contributed by atoms with Gasteiger partial charge in [-0.1, -0.05) is 53.5 Å². The van der Waals surface area contributed by atoms with Crippen molar-refractivity contribution in [3.63, 3.8) is 0 Å². The van der Waals surface area contributed by atoms with E-state index >= 15 is 0 Å². The largest absolute Gasteiger partial charge is 0.394 e. The van der Waals surface area contributed by atoms with E-state index in [-0.39, 0.29) is 23.2 Å². The predicted molar refractivity (Wildman–Crippen MR) is 127 cm³/mol. The molecule has 33 heavy (non-hydrogen) atoms. The number of hydrogen-bond acceptors (Lipinski definition) is 5. The van der Waals surface area contributed by atoms with E-state index in [1.165, 1.54) is 4.90 Å². The molecule has 180 valence electrons. The maximum Gasteiger partial charge on any atom is 0.250 e. The van der Waals surface area contributed by atoms with Gasteiger partial charge in [0.1, 0.15) is 11.6 Å². The van der Waals surface area contributed by atoms with Crippen molar-refractivity contribution in [2.75, 3.05) is 18.5 Å². The van der Waals surface area contributed by atoms with Crippen molar-refractivity contribution in [1.82, 2.24) is 10.2 Å². The number of carbonyl (C=O) groups excluding carboxylic acids is 3. The van der Waals surface area contributed by atoms with Crippen molar-refractivity contribution in [2.45, 2.75) is 61.7 Å². The fourth-order valence-electron chi connectivity index (χ4n) is 5.60. The minimum Gasteiger partial charge on any atom is -0.394 e. The highest BCUT2D eigenvalue weighted by molar-refractivity contribution is 9.09. The standard InChI is InChI=1S/C23H29BrClN3O5/c1-3-9-26-20(30)16-17-22(32)28(12(4-2)11-29)19(23(17)10-13(24)18(16)33-23)21(31)27-15-8-6-5-7-14(15)25/h5-8,12-13,16-19,29H,3-4,9-11H2,1-2H3,(H,26,30)(H,27,31)/t12-,13?,16-,17-,18-,19?,23?/m0/s1. The van der Waals surface area contributed by atoms with Crippen molar-refractivity contribution < 1.29 is 24.2 Å². The Kier molecular flexibility index (Phi) is 7.05. The molecule has 1 aromatic rings. The Balaban J connectivity index is 1.75. The molecule has 3 aliphatic heterocycles. The van der Waals surface area contributed by atoms with Crippen LogP contribution in [0, 0.1) is 11.8 Å². The van der Waals surface area contributed by atoms with Crippen LogP contribution in [-0.2, 0) is 19.1 Å². The van der Waals surface area contributed by atoms with E-state index in [0.717, 1.165) is 6.42 Å². The molecule has 3 heterocycles. The smallest absolute Gasteiger partial charge is 0.250 e. The summed E-state index contributed by atoms with van der Waals surface area (Å²) in [6.45, 7) is 4.00. The molecule has 4 rings (SSSR count). The fourth-order valence-corrected chi connectivity index (χ4v) is 6.73. The molecular formula is C23H29BrClN3O5. The number of ether oxygens (including phenoxy) is 1. The molecule has 0 radical (unpaired) electrons. The highest BCUT2D eigenvalue weighted by Gasteiger charge is 2.76. The fraction of sp³-hybridized carbons (Fsp3) is 0.609. The quantitative estimate of drug-likeness (QED) is 0.437. The van der Waals surface area contributed by atoms with Gasteiger partial charge in [-0.05, 0) is 31.4 Å². The maximum atomic E-state index is 13.8. The number of nitrogens with one attached hydrogen (secondary N) is 2. The van der Waals surface area contributed by atoms with Crippen molar-refractivity contribution in [3.8, 4) is 0 Å². The summed E-state index contributed by atoms with van der Waals surface area (Å²) in [5.41, 5.74) is -0.744. The molecule has 1 aromatic carbocycles. The molecule has 8 nitrogen and oxygen atoms in total. The molecule has 0 aromatic heterocycles. The lowest BCUT2D eigenvalue weighted by Crippen LogP contribution is -2.56. The summed E-state index contributed by atoms with van der Waals surface area (Å²) in [4.78, 5) is 41.9. The first-order valence-corrected chi connectivity index (χ1v) is 12.7. The van der Waals surface area contributed by atoms with Crippen LogP contribution < -0.4 is 10.6 Å². The van der Waals surface area contributed by atoms with Crippen LogP contribution in [0.5, 0.6) is 0 Å². The molecule has 3 amide bonds. The number of benzene rings is 1. The number of amides is 3. The number of halogens is 2. The van der Waals surface area contributed by atoms with E-state index in [0.29, 0.717) is 30.1 Å². The van der Waals surface area contributed by atoms with Crippen LogP contribution >= 0.6 is 27.5 Å². The Bertz CT molecular complexity index is 944. The van der Waals surface area contributed by atoms with Crippen LogP contribution in [0.1, 0.15) is 33.1 Å². The third-order valence-electron chi connectivity index (χ3n) is 7.03. The Morgan fingerprint density at radius 2 is 2.06 bits per heavy atom. The number of rotatable bonds is 8. The number of likely N-dealkylation sites (tertiary alicyclic amines) is 1. The molecule has 3 aliphatic rings. The molecule has 0 aliphatic carbocycles. The van der Waals surface area contributed by atoms with Gasteiger partial charge in [0.05, 0.1) is 41.3 Å². The normalized spacial score (nSPS) is 33.2. The van der Waals surface area contributed by atoms with Gasteiger partial charge in [0.2, 0.25) is 17.7 Å². The second kappa shape index (κ2) is 9.52. The summed E-state index contributed by atoms with van der Waals surface area (Å²) in [5.74, 6) is -2.51. The zero-order valence-electron chi connectivity index (χ0n) is 18.6. The average Bonchev–Trinajstić information content (AvgIpc) is 3.38. The molecule has 3 fully saturated rings. The molecule has 3 unspecified atom stereocenters. The van der Waals surface area contributed by atoms with Gasteiger partial charge < -0.3 is 25.4 Å². The first kappa shape index (κ1) is 24.4. The van der Waals surface area contributed by atoms with E-state index in [9.17, 15) is 19.5 Å². The summed E-state index contributed by atoms with van der Waals surface area (Å²) in [7, 11) is 0. The number of anilines is 1. The monoisotopic (exact) mass is 541 g/mol. The lowest BCUT2D eigenvalue weighted by Gasteiger charge is -2.36. The van der Waals surface area contributed by atoms with Crippen LogP contribution in [-0.4, -0.2) is 69.5 Å². The minimum atomic E-state index is -1.17. The zero-order valence-corrected chi connectivity index (χ0v) is 20.9. The number of aliphatic hydroxyl groups excluding tert-OH is 1. The SMILES string of the molecule is CCCNC(=O)[C@H]1[C@H]2C(=O)N([C@@H](CC)CO)C(C(=O)Nc3ccccc3Cl)C23CC(Br)[C@@H]1O3. The lowest BCUT2D eigenvalue weighted by molar-refractivity contribution is -0.144. The van der Waals surface area contributed by atoms with Crippen LogP contribution in [0.4, 0.5) is 5.69 Å². The highest BCUT2D eigenvalue weighted by atomic mass is 79.9. The third kappa shape index (κ3) is 3.87. The minimum absolute atomic E-state index is 0.177. The van der Waals surface area contributed by atoms with E-state index < -0.39 is 41.5 Å². The Morgan fingerprint density at radius 1 is 1.33 bits per heavy atom. The number of carbonyl (C=O) groups is 3. The van der Waals surface area contributed by atoms with Gasteiger partial charge in [-0.25, -0.2) is 0 Å². The van der Waals surface area contributed by atoms with E-state index in [1.807, 2.05) is 13.8 Å². The van der Waals surface area contributed by atoms with Crippen molar-refractivity contribution >= 4 is 50.9 Å². The average molecular weight is 543 g/mol. The van der Waals surface area contributed by atoms with Gasteiger partial charge >= 0.3 is 0 Å². The van der Waals surface area contributed by atoms with Crippen LogP contribution in [0.3, 0.4) is 0 Å². The molecule has 3 N–H and O–H groups in total. The second-order valence-corrected chi connectivity index (χ2v) is 10.5. The van der Waals surface area contributed by atoms with Gasteiger partial charge in [-0.2, -0.15) is 0 Å². The summed E-state index contributed by atoms with van der Waals surface area (Å²) in [5, 5.41) is 16.1. The summed E-state index contributed by atoms with van der Waals surface area (Å²) in [6, 6.07) is 5.28. The lowest BCUT2D eigenvalue weighted by atomic mass is 9.70. The van der Waals surface area contributed by atoms with Crippen LogP contribution in [0.15, 0.2) is 24.3 Å². The Hall–Kier alpha value is -1.68. The zero-order chi connectivity index (χ0) is 23.9. The highest BCUT2D eigenvalue weighted by Crippen LogP contribution is 2.60. The van der Waals surface area contributed by atoms with Crippen LogP contribution in [0.2, 0.25) is 5.02 Å². The maximum absolute atomic E-state index is 13.8. The van der Waals surface area contributed by atoms with Crippen molar-refractivity contribution in [1.29, 1.82) is 0 Å². The van der Waals surface area contributed by atoms with Crippen molar-refractivity contribution in [2.24, 2.45) is 11.8 Å². The molecular weight excluding hydrogens is 514 g/mol. The van der Waals surface area contributed by atoms with Gasteiger partial charge in [0.15, 0.2) is 0 Å². The second-order valence-electron chi connectivity index (χ2n) is 8.91. The first-order chi connectivity index (χ1) is 15.8. The Morgan fingerprint density at radius 3 is 2.70 bits per heavy atom. The Labute approximate surface area is 206 Å². The van der Waals surface area contributed by atoms with Gasteiger partial charge in [-0.3, -0.25) is 14.4 Å². The molecule has 3 saturated heterocycles. The molecule has 0 saturated carbocycles. The molecule has 10 heteroatoms. The van der Waals surface area contributed by atoms with Gasteiger partial charge in [0, 0.05) is 11.4 Å². The first-order valence-electron chi connectivity index (χ1n) is 11.4. The number of para-hydroxylation sites is 1. The van der Waals surface area contributed by atoms with E-state index in [4.69, 9.17) is 16.3 Å². The van der Waals surface area contributed by atoms with Gasteiger partial charge in [-0.15, -0.1) is 0 Å². The molecule has 7 atom stereocenters. The molecule has 1 spiro atoms. The summed E-state index contributed by atoms with van der Waals surface area (Å²) in [6.07, 6.45) is 1.12. The van der Waals surface area contributed by atoms with E-state index in [2.05, 4.69) is 26.6 Å². The number of aliphatic hydroxyl groups is 1. The number of fused-ring (bicyclic) bond motifs is 1. The third-order valence-corrected chi connectivity index (χ3v) is 8.21.